The highest BCUT2D eigenvalue weighted by molar-refractivity contribution is 5.79. The topological polar surface area (TPSA) is 89.5 Å². The van der Waals surface area contributed by atoms with Gasteiger partial charge in [0.2, 0.25) is 5.91 Å². The molecule has 6 heteroatoms. The van der Waals surface area contributed by atoms with Gasteiger partial charge in [0.05, 0.1) is 4.92 Å². The van der Waals surface area contributed by atoms with E-state index in [9.17, 15) is 14.9 Å². The summed E-state index contributed by atoms with van der Waals surface area (Å²) in [4.78, 5) is 23.9. The summed E-state index contributed by atoms with van der Waals surface area (Å²) in [5, 5.41) is 10.7. The number of piperidine rings is 1. The zero-order valence-corrected chi connectivity index (χ0v) is 10.8. The first kappa shape index (κ1) is 13.3. The molecule has 2 N–H and O–H groups in total. The number of anilines is 1. The smallest absolute Gasteiger partial charge is 0.292 e. The molecule has 6 nitrogen and oxygen atoms in total. The Morgan fingerprint density at radius 1 is 1.53 bits per heavy atom. The summed E-state index contributed by atoms with van der Waals surface area (Å²) in [6, 6.07) is 4.62. The van der Waals surface area contributed by atoms with E-state index in [0.717, 1.165) is 24.9 Å². The van der Waals surface area contributed by atoms with E-state index < -0.39 is 4.92 Å². The molecular weight excluding hydrogens is 246 g/mol. The molecule has 1 aromatic carbocycles. The molecule has 0 spiro atoms. The number of amides is 1. The van der Waals surface area contributed by atoms with Gasteiger partial charge in [0.1, 0.15) is 5.69 Å². The van der Waals surface area contributed by atoms with Gasteiger partial charge in [0.25, 0.3) is 5.69 Å². The SMILES string of the molecule is CC1CCCN(Cc2ccc([N+](=O)[O-])c(N)c2)C1=O. The molecule has 2 rings (SSSR count). The van der Waals surface area contributed by atoms with E-state index in [0.29, 0.717) is 6.54 Å². The monoisotopic (exact) mass is 263 g/mol. The van der Waals surface area contributed by atoms with Gasteiger partial charge in [0.15, 0.2) is 0 Å². The van der Waals surface area contributed by atoms with E-state index in [4.69, 9.17) is 5.73 Å². The Labute approximate surface area is 111 Å². The van der Waals surface area contributed by atoms with Crippen LogP contribution in [0.1, 0.15) is 25.3 Å². The Morgan fingerprint density at radius 3 is 2.89 bits per heavy atom. The number of benzene rings is 1. The third-order valence-corrected chi connectivity index (χ3v) is 3.46. The van der Waals surface area contributed by atoms with E-state index in [1.54, 1.807) is 17.0 Å². The first-order valence-corrected chi connectivity index (χ1v) is 6.30. The molecule has 19 heavy (non-hydrogen) atoms. The predicted octanol–water partition coefficient (Wildman–Crippen LogP) is 1.94. The Hall–Kier alpha value is -2.11. The highest BCUT2D eigenvalue weighted by Crippen LogP contribution is 2.24. The minimum absolute atomic E-state index is 0.0594. The molecule has 1 amide bonds. The standard InChI is InChI=1S/C13H17N3O3/c1-9-3-2-6-15(13(9)17)8-10-4-5-12(16(18)19)11(14)7-10/h4-5,7,9H,2-3,6,8,14H2,1H3. The van der Waals surface area contributed by atoms with Crippen LogP contribution in [0.25, 0.3) is 0 Å². The maximum Gasteiger partial charge on any atom is 0.292 e. The highest BCUT2D eigenvalue weighted by atomic mass is 16.6. The van der Waals surface area contributed by atoms with Crippen molar-refractivity contribution in [2.45, 2.75) is 26.3 Å². The second kappa shape index (κ2) is 5.26. The van der Waals surface area contributed by atoms with Crippen molar-refractivity contribution < 1.29 is 9.72 Å². The molecule has 0 radical (unpaired) electrons. The lowest BCUT2D eigenvalue weighted by atomic mass is 9.98. The van der Waals surface area contributed by atoms with Crippen molar-refractivity contribution in [2.75, 3.05) is 12.3 Å². The Morgan fingerprint density at radius 2 is 2.26 bits per heavy atom. The number of nitrogens with zero attached hydrogens (tertiary/aromatic N) is 2. The molecule has 1 aliphatic heterocycles. The van der Waals surface area contributed by atoms with Crippen LogP contribution in [-0.4, -0.2) is 22.3 Å². The average molecular weight is 263 g/mol. The van der Waals surface area contributed by atoms with Crippen LogP contribution in [0.4, 0.5) is 11.4 Å². The van der Waals surface area contributed by atoms with Gasteiger partial charge in [0, 0.05) is 25.1 Å². The van der Waals surface area contributed by atoms with E-state index in [2.05, 4.69) is 0 Å². The minimum Gasteiger partial charge on any atom is -0.393 e. The molecule has 0 saturated carbocycles. The van der Waals surface area contributed by atoms with Crippen LogP contribution in [-0.2, 0) is 11.3 Å². The van der Waals surface area contributed by atoms with Crippen molar-refractivity contribution in [1.82, 2.24) is 4.90 Å². The fraction of sp³-hybridized carbons (Fsp3) is 0.462. The summed E-state index contributed by atoms with van der Waals surface area (Å²) in [5.41, 5.74) is 6.51. The van der Waals surface area contributed by atoms with Crippen LogP contribution in [0.5, 0.6) is 0 Å². The predicted molar refractivity (Wildman–Crippen MR) is 71.3 cm³/mol. The van der Waals surface area contributed by atoms with E-state index >= 15 is 0 Å². The van der Waals surface area contributed by atoms with Gasteiger partial charge in [-0.1, -0.05) is 13.0 Å². The first-order chi connectivity index (χ1) is 8.99. The van der Waals surface area contributed by atoms with E-state index in [1.807, 2.05) is 6.92 Å². The third kappa shape index (κ3) is 2.83. The minimum atomic E-state index is -0.507. The van der Waals surface area contributed by atoms with Gasteiger partial charge in [-0.05, 0) is 24.5 Å². The second-order valence-corrected chi connectivity index (χ2v) is 4.95. The summed E-state index contributed by atoms with van der Waals surface area (Å²) in [6.07, 6.45) is 1.92. The molecule has 102 valence electrons. The number of carbonyl (C=O) groups is 1. The molecule has 1 aliphatic rings. The van der Waals surface area contributed by atoms with Crippen molar-refractivity contribution in [2.24, 2.45) is 5.92 Å². The van der Waals surface area contributed by atoms with Crippen molar-refractivity contribution in [3.8, 4) is 0 Å². The van der Waals surface area contributed by atoms with E-state index in [1.165, 1.54) is 6.07 Å². The summed E-state index contributed by atoms with van der Waals surface area (Å²) >= 11 is 0. The van der Waals surface area contributed by atoms with Crippen molar-refractivity contribution in [3.63, 3.8) is 0 Å². The largest absolute Gasteiger partial charge is 0.393 e. The van der Waals surface area contributed by atoms with Crippen LogP contribution in [0.15, 0.2) is 18.2 Å². The maximum atomic E-state index is 12.0. The number of nitro groups is 1. The summed E-state index contributed by atoms with van der Waals surface area (Å²) in [6.45, 7) is 3.13. The number of hydrogen-bond donors (Lipinski definition) is 1. The molecule has 1 atom stereocenters. The van der Waals surface area contributed by atoms with Crippen LogP contribution in [0.2, 0.25) is 0 Å². The fourth-order valence-electron chi connectivity index (χ4n) is 2.38. The number of rotatable bonds is 3. The number of carbonyl (C=O) groups excluding carboxylic acids is 1. The van der Waals surface area contributed by atoms with Gasteiger partial charge in [-0.2, -0.15) is 0 Å². The van der Waals surface area contributed by atoms with Gasteiger partial charge in [-0.25, -0.2) is 0 Å². The quantitative estimate of drug-likeness (QED) is 0.512. The number of hydrogen-bond acceptors (Lipinski definition) is 4. The van der Waals surface area contributed by atoms with Crippen LogP contribution < -0.4 is 5.73 Å². The van der Waals surface area contributed by atoms with Gasteiger partial charge < -0.3 is 10.6 Å². The van der Waals surface area contributed by atoms with Gasteiger partial charge in [-0.15, -0.1) is 0 Å². The zero-order valence-electron chi connectivity index (χ0n) is 10.8. The molecule has 0 aromatic heterocycles. The summed E-state index contributed by atoms with van der Waals surface area (Å²) < 4.78 is 0. The summed E-state index contributed by atoms with van der Waals surface area (Å²) in [7, 11) is 0. The molecule has 1 fully saturated rings. The third-order valence-electron chi connectivity index (χ3n) is 3.46. The molecule has 1 aromatic rings. The summed E-state index contributed by atoms with van der Waals surface area (Å²) in [5.74, 6) is 0.201. The lowest BCUT2D eigenvalue weighted by molar-refractivity contribution is -0.383. The van der Waals surface area contributed by atoms with Crippen molar-refractivity contribution >= 4 is 17.3 Å². The fourth-order valence-corrected chi connectivity index (χ4v) is 2.38. The number of nitro benzene ring substituents is 1. The lowest BCUT2D eigenvalue weighted by Gasteiger charge is -2.30. The van der Waals surface area contributed by atoms with Gasteiger partial charge in [-0.3, -0.25) is 14.9 Å². The van der Waals surface area contributed by atoms with Crippen molar-refractivity contribution in [1.29, 1.82) is 0 Å². The molecule has 0 aliphatic carbocycles. The van der Waals surface area contributed by atoms with E-state index in [-0.39, 0.29) is 23.2 Å². The lowest BCUT2D eigenvalue weighted by Crippen LogP contribution is -2.39. The van der Waals surface area contributed by atoms with Crippen LogP contribution >= 0.6 is 0 Å². The second-order valence-electron chi connectivity index (χ2n) is 4.95. The Kier molecular flexibility index (Phi) is 3.69. The maximum absolute atomic E-state index is 12.0. The van der Waals surface area contributed by atoms with Gasteiger partial charge >= 0.3 is 0 Å². The Balaban J connectivity index is 2.13. The molecule has 1 heterocycles. The molecular formula is C13H17N3O3. The number of nitrogens with two attached hydrogens (primary N) is 1. The molecule has 1 saturated heterocycles. The molecule has 1 unspecified atom stereocenters. The Bertz CT molecular complexity index is 516. The molecule has 0 bridgehead atoms. The first-order valence-electron chi connectivity index (χ1n) is 6.30. The number of likely N-dealkylation sites (tertiary alicyclic amines) is 1. The number of nitrogen functional groups attached to an aromatic ring is 1. The zero-order chi connectivity index (χ0) is 14.0. The van der Waals surface area contributed by atoms with Crippen LogP contribution in [0.3, 0.4) is 0 Å². The normalized spacial score (nSPS) is 19.5. The average Bonchev–Trinajstić information content (AvgIpc) is 2.34. The van der Waals surface area contributed by atoms with Crippen LogP contribution in [0, 0.1) is 16.0 Å². The highest BCUT2D eigenvalue weighted by Gasteiger charge is 2.25. The van der Waals surface area contributed by atoms with Crippen molar-refractivity contribution in [3.05, 3.63) is 33.9 Å².